The maximum absolute atomic E-state index is 6.15. The lowest BCUT2D eigenvalue weighted by molar-refractivity contribution is 1.40. The summed E-state index contributed by atoms with van der Waals surface area (Å²) in [4.78, 5) is 4.57. The Morgan fingerprint density at radius 3 is 2.55 bits per heavy atom. The fourth-order valence-electron chi connectivity index (χ4n) is 1.87. The zero-order valence-corrected chi connectivity index (χ0v) is 13.5. The van der Waals surface area contributed by atoms with Gasteiger partial charge in [0.1, 0.15) is 0 Å². The Labute approximate surface area is 135 Å². The van der Waals surface area contributed by atoms with E-state index in [1.807, 2.05) is 25.1 Å². The minimum Gasteiger partial charge on any atom is -0.330 e. The number of anilines is 2. The van der Waals surface area contributed by atoms with Crippen LogP contribution in [0.25, 0.3) is 10.2 Å². The number of hydrogen-bond acceptors (Lipinski definition) is 3. The van der Waals surface area contributed by atoms with Crippen molar-refractivity contribution in [2.24, 2.45) is 0 Å². The van der Waals surface area contributed by atoms with E-state index in [1.165, 1.54) is 0 Å². The predicted molar refractivity (Wildman–Crippen MR) is 89.1 cm³/mol. The molecule has 0 fully saturated rings. The molecule has 0 saturated heterocycles. The average molecular weight is 344 g/mol. The molecule has 6 heteroatoms. The topological polar surface area (TPSA) is 24.9 Å². The van der Waals surface area contributed by atoms with Crippen LogP contribution in [0.2, 0.25) is 15.1 Å². The summed E-state index contributed by atoms with van der Waals surface area (Å²) < 4.78 is 1.13. The van der Waals surface area contributed by atoms with Gasteiger partial charge in [0.15, 0.2) is 5.13 Å². The molecule has 2 aromatic carbocycles. The Bertz CT molecular complexity index is 798. The summed E-state index contributed by atoms with van der Waals surface area (Å²) in [7, 11) is 0. The van der Waals surface area contributed by atoms with Crippen molar-refractivity contribution in [2.75, 3.05) is 5.32 Å². The van der Waals surface area contributed by atoms with Gasteiger partial charge in [0.05, 0.1) is 31.0 Å². The number of hydrogen-bond donors (Lipinski definition) is 1. The number of para-hydroxylation sites is 1. The Balaban J connectivity index is 2.01. The quantitative estimate of drug-likeness (QED) is 0.552. The van der Waals surface area contributed by atoms with Gasteiger partial charge in [-0.2, -0.15) is 0 Å². The van der Waals surface area contributed by atoms with Crippen LogP contribution in [0.4, 0.5) is 10.8 Å². The maximum atomic E-state index is 6.15. The molecule has 0 spiro atoms. The van der Waals surface area contributed by atoms with Gasteiger partial charge in [-0.05, 0) is 30.7 Å². The number of rotatable bonds is 2. The van der Waals surface area contributed by atoms with Crippen LogP contribution in [0.3, 0.4) is 0 Å². The summed E-state index contributed by atoms with van der Waals surface area (Å²) in [5, 5.41) is 5.36. The number of benzene rings is 2. The number of aromatic nitrogens is 1. The molecule has 2 nitrogen and oxygen atoms in total. The lowest BCUT2D eigenvalue weighted by Gasteiger charge is -2.06. The van der Waals surface area contributed by atoms with E-state index in [1.54, 1.807) is 23.5 Å². The number of thiazole rings is 1. The first kappa shape index (κ1) is 14.0. The van der Waals surface area contributed by atoms with Gasteiger partial charge in [0.2, 0.25) is 0 Å². The lowest BCUT2D eigenvalue weighted by atomic mass is 10.2. The molecule has 0 aliphatic heterocycles. The van der Waals surface area contributed by atoms with Crippen molar-refractivity contribution in [1.82, 2.24) is 4.98 Å². The number of aryl methyl sites for hydroxylation is 1. The van der Waals surface area contributed by atoms with E-state index in [9.17, 15) is 0 Å². The van der Waals surface area contributed by atoms with E-state index in [0.717, 1.165) is 20.9 Å². The van der Waals surface area contributed by atoms with Crippen molar-refractivity contribution in [3.63, 3.8) is 0 Å². The fourth-order valence-corrected chi connectivity index (χ4v) is 3.42. The Hall–Kier alpha value is -1.000. The van der Waals surface area contributed by atoms with Gasteiger partial charge in [0, 0.05) is 0 Å². The SMILES string of the molecule is Cc1cccc2sc(Nc3cc(Cl)c(Cl)cc3Cl)nc12. The Morgan fingerprint density at radius 2 is 1.80 bits per heavy atom. The highest BCUT2D eigenvalue weighted by Crippen LogP contribution is 2.36. The normalized spacial score (nSPS) is 11.0. The Kier molecular flexibility index (Phi) is 3.78. The molecule has 0 amide bonds. The summed E-state index contributed by atoms with van der Waals surface area (Å²) in [6.07, 6.45) is 0. The summed E-state index contributed by atoms with van der Waals surface area (Å²) in [5.74, 6) is 0. The van der Waals surface area contributed by atoms with E-state index in [2.05, 4.69) is 10.3 Å². The summed E-state index contributed by atoms with van der Waals surface area (Å²) in [5.41, 5.74) is 2.83. The lowest BCUT2D eigenvalue weighted by Crippen LogP contribution is -1.90. The third-order valence-corrected chi connectivity index (χ3v) is 4.84. The Morgan fingerprint density at radius 1 is 1.05 bits per heavy atom. The van der Waals surface area contributed by atoms with Crippen LogP contribution in [0.1, 0.15) is 5.56 Å². The second-order valence-corrected chi connectivity index (χ2v) is 6.56. The van der Waals surface area contributed by atoms with E-state index >= 15 is 0 Å². The average Bonchev–Trinajstić information content (AvgIpc) is 2.80. The first-order valence-corrected chi connectivity index (χ1v) is 7.77. The summed E-state index contributed by atoms with van der Waals surface area (Å²) in [6, 6.07) is 9.42. The minimum absolute atomic E-state index is 0.433. The molecular weight excluding hydrogens is 335 g/mol. The van der Waals surface area contributed by atoms with Gasteiger partial charge in [-0.3, -0.25) is 0 Å². The molecule has 1 heterocycles. The van der Waals surface area contributed by atoms with Crippen molar-refractivity contribution in [3.05, 3.63) is 51.0 Å². The maximum Gasteiger partial charge on any atom is 0.188 e. The third-order valence-electron chi connectivity index (χ3n) is 2.87. The molecule has 1 N–H and O–H groups in total. The van der Waals surface area contributed by atoms with Crippen LogP contribution < -0.4 is 5.32 Å². The van der Waals surface area contributed by atoms with Crippen molar-refractivity contribution < 1.29 is 0 Å². The molecule has 0 saturated carbocycles. The molecule has 0 bridgehead atoms. The number of nitrogens with zero attached hydrogens (tertiary/aromatic N) is 1. The molecule has 3 rings (SSSR count). The molecule has 0 aliphatic rings. The van der Waals surface area contributed by atoms with E-state index in [0.29, 0.717) is 20.8 Å². The van der Waals surface area contributed by atoms with Crippen molar-refractivity contribution in [3.8, 4) is 0 Å². The van der Waals surface area contributed by atoms with Crippen molar-refractivity contribution in [2.45, 2.75) is 6.92 Å². The zero-order chi connectivity index (χ0) is 14.3. The minimum atomic E-state index is 0.433. The first-order valence-electron chi connectivity index (χ1n) is 5.82. The van der Waals surface area contributed by atoms with Crippen LogP contribution in [-0.4, -0.2) is 4.98 Å². The van der Waals surface area contributed by atoms with Gasteiger partial charge in [-0.1, -0.05) is 58.3 Å². The first-order chi connectivity index (χ1) is 9.54. The van der Waals surface area contributed by atoms with Crippen LogP contribution >= 0.6 is 46.1 Å². The van der Waals surface area contributed by atoms with E-state index in [-0.39, 0.29) is 0 Å². The van der Waals surface area contributed by atoms with Gasteiger partial charge in [-0.15, -0.1) is 0 Å². The van der Waals surface area contributed by atoms with Gasteiger partial charge < -0.3 is 5.32 Å². The number of nitrogens with one attached hydrogen (secondary N) is 1. The zero-order valence-electron chi connectivity index (χ0n) is 10.4. The molecule has 3 aromatic rings. The number of halogens is 3. The predicted octanol–water partition coefficient (Wildman–Crippen LogP) is 6.31. The van der Waals surface area contributed by atoms with Crippen LogP contribution in [0.5, 0.6) is 0 Å². The fraction of sp³-hybridized carbons (Fsp3) is 0.0714. The van der Waals surface area contributed by atoms with E-state index in [4.69, 9.17) is 34.8 Å². The van der Waals surface area contributed by atoms with E-state index < -0.39 is 0 Å². The van der Waals surface area contributed by atoms with Crippen LogP contribution in [0, 0.1) is 6.92 Å². The van der Waals surface area contributed by atoms with Gasteiger partial charge in [-0.25, -0.2) is 4.98 Å². The monoisotopic (exact) mass is 342 g/mol. The van der Waals surface area contributed by atoms with Gasteiger partial charge >= 0.3 is 0 Å². The highest BCUT2D eigenvalue weighted by atomic mass is 35.5. The molecule has 0 radical (unpaired) electrons. The van der Waals surface area contributed by atoms with Crippen LogP contribution in [-0.2, 0) is 0 Å². The molecule has 0 aliphatic carbocycles. The highest BCUT2D eigenvalue weighted by molar-refractivity contribution is 7.22. The third kappa shape index (κ3) is 2.59. The molecule has 0 unspecified atom stereocenters. The summed E-state index contributed by atoms with van der Waals surface area (Å²) >= 11 is 19.6. The molecule has 20 heavy (non-hydrogen) atoms. The standard InChI is InChI=1S/C14H9Cl3N2S/c1-7-3-2-4-12-13(7)19-14(20-12)18-11-6-9(16)8(15)5-10(11)17/h2-6H,1H3,(H,18,19). The van der Waals surface area contributed by atoms with Crippen molar-refractivity contribution >= 4 is 67.2 Å². The molecule has 102 valence electrons. The largest absolute Gasteiger partial charge is 0.330 e. The highest BCUT2D eigenvalue weighted by Gasteiger charge is 2.10. The smallest absolute Gasteiger partial charge is 0.188 e. The number of fused-ring (bicyclic) bond motifs is 1. The van der Waals surface area contributed by atoms with Gasteiger partial charge in [0.25, 0.3) is 0 Å². The molecule has 0 atom stereocenters. The van der Waals surface area contributed by atoms with Crippen LogP contribution in [0.15, 0.2) is 30.3 Å². The molecular formula is C14H9Cl3N2S. The van der Waals surface area contributed by atoms with Crippen molar-refractivity contribution in [1.29, 1.82) is 0 Å². The molecule has 1 aromatic heterocycles. The summed E-state index contributed by atoms with van der Waals surface area (Å²) in [6.45, 7) is 2.04. The second kappa shape index (κ2) is 5.41. The second-order valence-electron chi connectivity index (χ2n) is 4.31.